The third-order valence-corrected chi connectivity index (χ3v) is 5.09. The number of hydrogen-bond acceptors (Lipinski definition) is 1. The molecule has 0 aliphatic rings. The van der Waals surface area contributed by atoms with Gasteiger partial charge >= 0.3 is 0 Å². The summed E-state index contributed by atoms with van der Waals surface area (Å²) >= 11 is 0. The zero-order chi connectivity index (χ0) is 18.1. The first-order chi connectivity index (χ1) is 13.4. The molecule has 0 N–H and O–H groups in total. The van der Waals surface area contributed by atoms with Gasteiger partial charge in [0.1, 0.15) is 0 Å². The molecule has 0 saturated carbocycles. The molecule has 27 heavy (non-hydrogen) atoms. The topological polar surface area (TPSA) is 12.9 Å². The third kappa shape index (κ3) is 2.98. The molecular formula is C26H19N. The number of hydrogen-bond donors (Lipinski definition) is 0. The van der Waals surface area contributed by atoms with Crippen LogP contribution in [-0.4, -0.2) is 4.98 Å². The molecule has 0 radical (unpaired) electrons. The van der Waals surface area contributed by atoms with Gasteiger partial charge in [-0.25, -0.2) is 4.98 Å². The van der Waals surface area contributed by atoms with Crippen LogP contribution in [0.3, 0.4) is 0 Å². The lowest BCUT2D eigenvalue weighted by molar-refractivity contribution is 1.17. The van der Waals surface area contributed by atoms with Gasteiger partial charge in [0.2, 0.25) is 0 Å². The van der Waals surface area contributed by atoms with Crippen molar-refractivity contribution in [2.24, 2.45) is 0 Å². The summed E-state index contributed by atoms with van der Waals surface area (Å²) in [6.07, 6.45) is 0.872. The SMILES string of the molecule is c1ccc(Cc2cc3ccccc3nc2-c2cccc3ccccc23)cc1. The van der Waals surface area contributed by atoms with Gasteiger partial charge in [0.05, 0.1) is 11.2 Å². The maximum atomic E-state index is 5.09. The molecule has 0 aliphatic carbocycles. The summed E-state index contributed by atoms with van der Waals surface area (Å²) in [7, 11) is 0. The van der Waals surface area contributed by atoms with Crippen LogP contribution in [0.4, 0.5) is 0 Å². The van der Waals surface area contributed by atoms with Crippen LogP contribution in [-0.2, 0) is 6.42 Å². The summed E-state index contributed by atoms with van der Waals surface area (Å²) in [4.78, 5) is 5.09. The highest BCUT2D eigenvalue weighted by molar-refractivity contribution is 5.97. The average molecular weight is 345 g/mol. The number of benzene rings is 4. The largest absolute Gasteiger partial charge is 0.247 e. The predicted molar refractivity (Wildman–Crippen MR) is 114 cm³/mol. The van der Waals surface area contributed by atoms with Crippen molar-refractivity contribution >= 4 is 21.7 Å². The summed E-state index contributed by atoms with van der Waals surface area (Å²) in [6.45, 7) is 0. The molecule has 0 unspecified atom stereocenters. The Labute approximate surface area is 158 Å². The van der Waals surface area contributed by atoms with Gasteiger partial charge in [-0.05, 0) is 40.5 Å². The normalized spacial score (nSPS) is 11.1. The third-order valence-electron chi connectivity index (χ3n) is 5.09. The fourth-order valence-electron chi connectivity index (χ4n) is 3.78. The molecule has 128 valence electrons. The van der Waals surface area contributed by atoms with E-state index in [2.05, 4.69) is 103 Å². The molecule has 4 aromatic carbocycles. The Morgan fingerprint density at radius 3 is 2.19 bits per heavy atom. The molecule has 1 heterocycles. The van der Waals surface area contributed by atoms with E-state index in [0.717, 1.165) is 17.6 Å². The Kier molecular flexibility index (Phi) is 3.91. The van der Waals surface area contributed by atoms with Gasteiger partial charge in [0.25, 0.3) is 0 Å². The molecular weight excluding hydrogens is 326 g/mol. The van der Waals surface area contributed by atoms with E-state index in [-0.39, 0.29) is 0 Å². The summed E-state index contributed by atoms with van der Waals surface area (Å²) in [5.74, 6) is 0. The van der Waals surface area contributed by atoms with E-state index in [4.69, 9.17) is 4.98 Å². The van der Waals surface area contributed by atoms with Crippen molar-refractivity contribution in [1.82, 2.24) is 4.98 Å². The van der Waals surface area contributed by atoms with Crippen molar-refractivity contribution in [3.05, 3.63) is 114 Å². The predicted octanol–water partition coefficient (Wildman–Crippen LogP) is 6.65. The smallest absolute Gasteiger partial charge is 0.0751 e. The molecule has 1 heteroatoms. The number of fused-ring (bicyclic) bond motifs is 2. The number of aromatic nitrogens is 1. The summed E-state index contributed by atoms with van der Waals surface area (Å²) in [5.41, 5.74) is 5.88. The monoisotopic (exact) mass is 345 g/mol. The van der Waals surface area contributed by atoms with E-state index in [1.54, 1.807) is 0 Å². The standard InChI is InChI=1S/C26H19N/c1-2-9-19(10-3-1)17-22-18-21-12-5-7-16-25(21)27-26(22)24-15-8-13-20-11-4-6-14-23(20)24/h1-16,18H,17H2. The fourth-order valence-corrected chi connectivity index (χ4v) is 3.78. The van der Waals surface area contributed by atoms with Crippen molar-refractivity contribution in [3.63, 3.8) is 0 Å². The van der Waals surface area contributed by atoms with Crippen LogP contribution >= 0.6 is 0 Å². The van der Waals surface area contributed by atoms with E-state index in [1.165, 1.54) is 32.8 Å². The molecule has 0 bridgehead atoms. The first-order valence-corrected chi connectivity index (χ1v) is 9.29. The maximum Gasteiger partial charge on any atom is 0.0751 e. The van der Waals surface area contributed by atoms with Gasteiger partial charge in [-0.2, -0.15) is 0 Å². The molecule has 0 fully saturated rings. The molecule has 0 saturated heterocycles. The number of para-hydroxylation sites is 1. The van der Waals surface area contributed by atoms with E-state index < -0.39 is 0 Å². The Morgan fingerprint density at radius 1 is 0.593 bits per heavy atom. The van der Waals surface area contributed by atoms with Crippen LogP contribution in [0.5, 0.6) is 0 Å². The van der Waals surface area contributed by atoms with Crippen LogP contribution < -0.4 is 0 Å². The Hall–Kier alpha value is -3.45. The molecule has 0 aliphatic heterocycles. The second kappa shape index (κ2) is 6.69. The fraction of sp³-hybridized carbons (Fsp3) is 0.0385. The molecule has 0 atom stereocenters. The maximum absolute atomic E-state index is 5.09. The van der Waals surface area contributed by atoms with Crippen molar-refractivity contribution in [2.45, 2.75) is 6.42 Å². The highest BCUT2D eigenvalue weighted by atomic mass is 14.7. The Balaban J connectivity index is 1.77. The second-order valence-electron chi connectivity index (χ2n) is 6.88. The van der Waals surface area contributed by atoms with Crippen LogP contribution in [0.2, 0.25) is 0 Å². The molecule has 5 rings (SSSR count). The highest BCUT2D eigenvalue weighted by Crippen LogP contribution is 2.32. The first kappa shape index (κ1) is 15.8. The van der Waals surface area contributed by atoms with Crippen molar-refractivity contribution in [3.8, 4) is 11.3 Å². The zero-order valence-electron chi connectivity index (χ0n) is 15.0. The lowest BCUT2D eigenvalue weighted by atomic mass is 9.94. The summed E-state index contributed by atoms with van der Waals surface area (Å²) in [6, 6.07) is 36.3. The van der Waals surface area contributed by atoms with Gasteiger partial charge in [-0.3, -0.25) is 0 Å². The zero-order valence-corrected chi connectivity index (χ0v) is 15.0. The molecule has 1 nitrogen and oxygen atoms in total. The quantitative estimate of drug-likeness (QED) is 0.357. The second-order valence-corrected chi connectivity index (χ2v) is 6.88. The van der Waals surface area contributed by atoms with Gasteiger partial charge in [0.15, 0.2) is 0 Å². The van der Waals surface area contributed by atoms with Gasteiger partial charge < -0.3 is 0 Å². The summed E-state index contributed by atoms with van der Waals surface area (Å²) < 4.78 is 0. The van der Waals surface area contributed by atoms with Crippen LogP contribution in [0.25, 0.3) is 32.9 Å². The van der Waals surface area contributed by atoms with Crippen LogP contribution in [0.15, 0.2) is 103 Å². The van der Waals surface area contributed by atoms with E-state index in [0.29, 0.717) is 0 Å². The Morgan fingerprint density at radius 2 is 1.30 bits per heavy atom. The molecule has 0 amide bonds. The van der Waals surface area contributed by atoms with Crippen molar-refractivity contribution < 1.29 is 0 Å². The minimum absolute atomic E-state index is 0.872. The van der Waals surface area contributed by atoms with E-state index in [9.17, 15) is 0 Å². The van der Waals surface area contributed by atoms with E-state index in [1.807, 2.05) is 0 Å². The van der Waals surface area contributed by atoms with Crippen LogP contribution in [0, 0.1) is 0 Å². The lowest BCUT2D eigenvalue weighted by Gasteiger charge is -2.13. The number of nitrogens with zero attached hydrogens (tertiary/aromatic N) is 1. The average Bonchev–Trinajstić information content (AvgIpc) is 2.74. The lowest BCUT2D eigenvalue weighted by Crippen LogP contribution is -1.97. The first-order valence-electron chi connectivity index (χ1n) is 9.29. The number of pyridine rings is 1. The van der Waals surface area contributed by atoms with Crippen molar-refractivity contribution in [2.75, 3.05) is 0 Å². The van der Waals surface area contributed by atoms with Crippen molar-refractivity contribution in [1.29, 1.82) is 0 Å². The highest BCUT2D eigenvalue weighted by Gasteiger charge is 2.12. The summed E-state index contributed by atoms with van der Waals surface area (Å²) in [5, 5.41) is 3.68. The van der Waals surface area contributed by atoms with Gasteiger partial charge in [-0.1, -0.05) is 91.0 Å². The number of rotatable bonds is 3. The minimum Gasteiger partial charge on any atom is -0.247 e. The molecule has 5 aromatic rings. The van der Waals surface area contributed by atoms with Gasteiger partial charge in [-0.15, -0.1) is 0 Å². The van der Waals surface area contributed by atoms with E-state index >= 15 is 0 Å². The minimum atomic E-state index is 0.872. The molecule has 0 spiro atoms. The van der Waals surface area contributed by atoms with Gasteiger partial charge in [0, 0.05) is 10.9 Å². The molecule has 1 aromatic heterocycles. The Bertz CT molecular complexity index is 1230. The van der Waals surface area contributed by atoms with Crippen LogP contribution in [0.1, 0.15) is 11.1 Å².